The van der Waals surface area contributed by atoms with Crippen LogP contribution in [0.2, 0.25) is 0 Å². The molecule has 0 aliphatic carbocycles. The molecule has 1 atom stereocenters. The Morgan fingerprint density at radius 1 is 1.58 bits per heavy atom. The van der Waals surface area contributed by atoms with E-state index in [1.54, 1.807) is 24.0 Å². The largest absolute Gasteiger partial charge is 0.336 e. The molecule has 1 unspecified atom stereocenters. The highest BCUT2D eigenvalue weighted by Gasteiger charge is 2.21. The predicted octanol–water partition coefficient (Wildman–Crippen LogP) is 2.03. The van der Waals surface area contributed by atoms with Crippen LogP contribution in [-0.4, -0.2) is 30.9 Å². The van der Waals surface area contributed by atoms with Gasteiger partial charge in [-0.05, 0) is 18.2 Å². The van der Waals surface area contributed by atoms with Crippen LogP contribution < -0.4 is 15.5 Å². The smallest absolute Gasteiger partial charge is 0.321 e. The number of halogens is 1. The van der Waals surface area contributed by atoms with E-state index >= 15 is 0 Å². The molecule has 3 amide bonds. The Morgan fingerprint density at radius 3 is 3.00 bits per heavy atom. The summed E-state index contributed by atoms with van der Waals surface area (Å²) in [6.07, 6.45) is 0. The summed E-state index contributed by atoms with van der Waals surface area (Å²) in [5.74, 6) is -0.0986. The number of carbonyl (C=O) groups is 2. The van der Waals surface area contributed by atoms with Crippen molar-refractivity contribution in [2.45, 2.75) is 6.92 Å². The number of anilines is 2. The minimum atomic E-state index is -0.250. The fourth-order valence-electron chi connectivity index (χ4n) is 1.81. The first-order valence-corrected chi connectivity index (χ1v) is 6.67. The molecule has 1 heterocycles. The van der Waals surface area contributed by atoms with Gasteiger partial charge in [0, 0.05) is 36.3 Å². The summed E-state index contributed by atoms with van der Waals surface area (Å²) in [6.45, 7) is 3.03. The number of benzene rings is 1. The normalized spacial score (nSPS) is 16.1. The predicted molar refractivity (Wildman–Crippen MR) is 75.7 cm³/mol. The van der Waals surface area contributed by atoms with Gasteiger partial charge in [-0.25, -0.2) is 4.79 Å². The van der Waals surface area contributed by atoms with Crippen LogP contribution >= 0.6 is 11.6 Å². The van der Waals surface area contributed by atoms with E-state index < -0.39 is 0 Å². The standard InChI is InChI=1S/C13H16ClN3O2/c1-9(8-14)12(18)16-10-3-2-4-11(7-10)17-6-5-15-13(17)19/h2-4,7,9H,5-6,8H2,1H3,(H,15,19)(H,16,18). The van der Waals surface area contributed by atoms with Gasteiger partial charge in [-0.1, -0.05) is 13.0 Å². The van der Waals surface area contributed by atoms with E-state index in [1.165, 1.54) is 0 Å². The summed E-state index contributed by atoms with van der Waals surface area (Å²) >= 11 is 5.65. The molecule has 2 rings (SSSR count). The molecule has 1 aromatic rings. The fraction of sp³-hybridized carbons (Fsp3) is 0.385. The number of amides is 3. The highest BCUT2D eigenvalue weighted by atomic mass is 35.5. The van der Waals surface area contributed by atoms with E-state index in [0.717, 1.165) is 5.69 Å². The lowest BCUT2D eigenvalue weighted by Gasteiger charge is -2.16. The zero-order valence-electron chi connectivity index (χ0n) is 10.6. The average Bonchev–Trinajstić information content (AvgIpc) is 2.84. The molecule has 0 aromatic heterocycles. The third kappa shape index (κ3) is 3.17. The van der Waals surface area contributed by atoms with Crippen LogP contribution in [0.3, 0.4) is 0 Å². The number of urea groups is 1. The van der Waals surface area contributed by atoms with Crippen LogP contribution in [0.25, 0.3) is 0 Å². The third-order valence-corrected chi connectivity index (χ3v) is 3.42. The second kappa shape index (κ2) is 5.93. The Morgan fingerprint density at radius 2 is 2.37 bits per heavy atom. The van der Waals surface area contributed by atoms with Crippen molar-refractivity contribution in [3.05, 3.63) is 24.3 Å². The Labute approximate surface area is 116 Å². The number of hydrogen-bond donors (Lipinski definition) is 2. The van der Waals surface area contributed by atoms with Crippen LogP contribution in [0.5, 0.6) is 0 Å². The molecule has 0 radical (unpaired) electrons. The molecule has 1 aliphatic rings. The lowest BCUT2D eigenvalue weighted by Crippen LogP contribution is -2.27. The zero-order chi connectivity index (χ0) is 13.8. The van der Waals surface area contributed by atoms with Gasteiger partial charge in [-0.3, -0.25) is 9.69 Å². The molecule has 6 heteroatoms. The van der Waals surface area contributed by atoms with Crippen molar-refractivity contribution in [2.24, 2.45) is 5.92 Å². The minimum Gasteiger partial charge on any atom is -0.336 e. The fourth-order valence-corrected chi connectivity index (χ4v) is 1.95. The highest BCUT2D eigenvalue weighted by molar-refractivity contribution is 6.19. The lowest BCUT2D eigenvalue weighted by atomic mass is 10.2. The van der Waals surface area contributed by atoms with Crippen LogP contribution in [0.1, 0.15) is 6.92 Å². The molecule has 1 aliphatic heterocycles. The second-order valence-corrected chi connectivity index (χ2v) is 4.79. The van der Waals surface area contributed by atoms with Crippen molar-refractivity contribution in [3.63, 3.8) is 0 Å². The summed E-state index contributed by atoms with van der Waals surface area (Å²) in [6, 6.07) is 7.10. The maximum atomic E-state index is 11.8. The molecular formula is C13H16ClN3O2. The molecule has 19 heavy (non-hydrogen) atoms. The van der Waals surface area contributed by atoms with E-state index in [9.17, 15) is 9.59 Å². The third-order valence-electron chi connectivity index (χ3n) is 2.96. The monoisotopic (exact) mass is 281 g/mol. The molecule has 1 aromatic carbocycles. The average molecular weight is 282 g/mol. The van der Waals surface area contributed by atoms with Crippen LogP contribution in [0.4, 0.5) is 16.2 Å². The van der Waals surface area contributed by atoms with Gasteiger partial charge in [-0.15, -0.1) is 11.6 Å². The molecule has 0 saturated carbocycles. The van der Waals surface area contributed by atoms with Gasteiger partial charge in [0.2, 0.25) is 5.91 Å². The number of hydrogen-bond acceptors (Lipinski definition) is 2. The summed E-state index contributed by atoms with van der Waals surface area (Å²) < 4.78 is 0. The summed E-state index contributed by atoms with van der Waals surface area (Å²) in [7, 11) is 0. The van der Waals surface area contributed by atoms with Crippen molar-refractivity contribution in [1.29, 1.82) is 0 Å². The SMILES string of the molecule is CC(CCl)C(=O)Nc1cccc(N2CCNC2=O)c1. The van der Waals surface area contributed by atoms with E-state index in [2.05, 4.69) is 10.6 Å². The lowest BCUT2D eigenvalue weighted by molar-refractivity contribution is -0.118. The van der Waals surface area contributed by atoms with Crippen LogP contribution in [0, 0.1) is 5.92 Å². The van der Waals surface area contributed by atoms with Crippen LogP contribution in [0.15, 0.2) is 24.3 Å². The number of rotatable bonds is 4. The van der Waals surface area contributed by atoms with Crippen molar-refractivity contribution < 1.29 is 9.59 Å². The Kier molecular flexibility index (Phi) is 4.27. The maximum absolute atomic E-state index is 11.8. The number of nitrogens with zero attached hydrogens (tertiary/aromatic N) is 1. The molecule has 1 fully saturated rings. The van der Waals surface area contributed by atoms with Gasteiger partial charge < -0.3 is 10.6 Å². The van der Waals surface area contributed by atoms with Crippen LogP contribution in [-0.2, 0) is 4.79 Å². The van der Waals surface area contributed by atoms with Crippen molar-refractivity contribution in [2.75, 3.05) is 29.2 Å². The molecule has 2 N–H and O–H groups in total. The molecule has 1 saturated heterocycles. The minimum absolute atomic E-state index is 0.113. The zero-order valence-corrected chi connectivity index (χ0v) is 11.4. The first-order valence-electron chi connectivity index (χ1n) is 6.14. The molecule has 102 valence electrons. The second-order valence-electron chi connectivity index (χ2n) is 4.48. The van der Waals surface area contributed by atoms with E-state index in [1.807, 2.05) is 12.1 Å². The number of carbonyl (C=O) groups excluding carboxylic acids is 2. The maximum Gasteiger partial charge on any atom is 0.321 e. The van der Waals surface area contributed by atoms with E-state index in [4.69, 9.17) is 11.6 Å². The molecule has 5 nitrogen and oxygen atoms in total. The number of nitrogens with one attached hydrogen (secondary N) is 2. The van der Waals surface area contributed by atoms with Gasteiger partial charge in [0.25, 0.3) is 0 Å². The van der Waals surface area contributed by atoms with E-state index in [0.29, 0.717) is 18.8 Å². The first kappa shape index (κ1) is 13.7. The molecule has 0 spiro atoms. The van der Waals surface area contributed by atoms with Gasteiger partial charge in [-0.2, -0.15) is 0 Å². The summed E-state index contributed by atoms with van der Waals surface area (Å²) in [4.78, 5) is 25.0. The van der Waals surface area contributed by atoms with Crippen molar-refractivity contribution in [3.8, 4) is 0 Å². The van der Waals surface area contributed by atoms with Gasteiger partial charge in [0.1, 0.15) is 0 Å². The highest BCUT2D eigenvalue weighted by Crippen LogP contribution is 2.21. The Hall–Kier alpha value is -1.75. The van der Waals surface area contributed by atoms with Crippen molar-refractivity contribution in [1.82, 2.24) is 5.32 Å². The quantitative estimate of drug-likeness (QED) is 0.830. The van der Waals surface area contributed by atoms with Gasteiger partial charge in [0.15, 0.2) is 0 Å². The summed E-state index contributed by atoms with van der Waals surface area (Å²) in [5, 5.41) is 5.53. The summed E-state index contributed by atoms with van der Waals surface area (Å²) in [5.41, 5.74) is 1.44. The first-order chi connectivity index (χ1) is 9.11. The van der Waals surface area contributed by atoms with E-state index in [-0.39, 0.29) is 23.7 Å². The Bertz CT molecular complexity index is 493. The van der Waals surface area contributed by atoms with Crippen molar-refractivity contribution >= 4 is 34.9 Å². The molecular weight excluding hydrogens is 266 g/mol. The Balaban J connectivity index is 2.11. The molecule has 0 bridgehead atoms. The van der Waals surface area contributed by atoms with Gasteiger partial charge in [0.05, 0.1) is 0 Å². The topological polar surface area (TPSA) is 61.4 Å². The van der Waals surface area contributed by atoms with Gasteiger partial charge >= 0.3 is 6.03 Å². The number of alkyl halides is 1.